The zero-order chi connectivity index (χ0) is 16.6. The van der Waals surface area contributed by atoms with Gasteiger partial charge in [0.2, 0.25) is 0 Å². The third kappa shape index (κ3) is 2.77. The minimum Gasteiger partial charge on any atom is -0.338 e. The number of thiazole rings is 1. The minimum atomic E-state index is -3.64. The second-order valence-electron chi connectivity index (χ2n) is 5.07. The van der Waals surface area contributed by atoms with Crippen molar-refractivity contribution in [2.45, 2.75) is 4.90 Å². The van der Waals surface area contributed by atoms with E-state index >= 15 is 0 Å². The van der Waals surface area contributed by atoms with E-state index in [1.54, 1.807) is 35.8 Å². The predicted molar refractivity (Wildman–Crippen MR) is 94.5 cm³/mol. The first-order chi connectivity index (χ1) is 11.6. The fourth-order valence-corrected chi connectivity index (χ4v) is 4.12. The first-order valence-corrected chi connectivity index (χ1v) is 9.46. The van der Waals surface area contributed by atoms with Crippen LogP contribution in [0.15, 0.2) is 65.0 Å². The summed E-state index contributed by atoms with van der Waals surface area (Å²) in [5, 5.41) is 2.05. The van der Waals surface area contributed by atoms with E-state index in [4.69, 9.17) is 0 Å². The molecule has 0 aliphatic heterocycles. The van der Waals surface area contributed by atoms with Gasteiger partial charge in [0.15, 0.2) is 5.13 Å². The molecule has 4 aromatic rings. The van der Waals surface area contributed by atoms with Crippen molar-refractivity contribution in [3.8, 4) is 11.4 Å². The number of sulfonamides is 1. The van der Waals surface area contributed by atoms with Crippen LogP contribution in [0.2, 0.25) is 0 Å². The molecule has 0 unspecified atom stereocenters. The third-order valence-corrected chi connectivity index (χ3v) is 5.65. The molecule has 8 heteroatoms. The van der Waals surface area contributed by atoms with Gasteiger partial charge in [-0.15, -0.1) is 11.3 Å². The summed E-state index contributed by atoms with van der Waals surface area (Å²) in [5.74, 6) is 0.702. The zero-order valence-electron chi connectivity index (χ0n) is 12.3. The second-order valence-corrected chi connectivity index (χ2v) is 7.65. The maximum Gasteiger partial charge on any atom is 0.263 e. The number of fused-ring (bicyclic) bond motifs is 1. The summed E-state index contributed by atoms with van der Waals surface area (Å²) in [4.78, 5) is 11.8. The van der Waals surface area contributed by atoms with Crippen molar-refractivity contribution in [2.24, 2.45) is 0 Å². The summed E-state index contributed by atoms with van der Waals surface area (Å²) in [7, 11) is -3.64. The van der Waals surface area contributed by atoms with E-state index in [9.17, 15) is 8.42 Å². The Bertz CT molecular complexity index is 1050. The number of aromatic amines is 1. The van der Waals surface area contributed by atoms with Crippen molar-refractivity contribution >= 4 is 37.5 Å². The number of aromatic nitrogens is 3. The van der Waals surface area contributed by atoms with Crippen molar-refractivity contribution in [2.75, 3.05) is 4.72 Å². The molecule has 4 rings (SSSR count). The van der Waals surface area contributed by atoms with E-state index in [1.807, 2.05) is 24.3 Å². The summed E-state index contributed by atoms with van der Waals surface area (Å²) in [5.41, 5.74) is 2.63. The Hall–Kier alpha value is -2.71. The SMILES string of the molecule is O=S(=O)(Nc1nccs1)c1ccc(-c2nc3ccccc3[nH]2)cc1. The van der Waals surface area contributed by atoms with Gasteiger partial charge in [0.1, 0.15) is 5.82 Å². The van der Waals surface area contributed by atoms with Crippen LogP contribution in [-0.2, 0) is 10.0 Å². The third-order valence-electron chi connectivity index (χ3n) is 3.48. The highest BCUT2D eigenvalue weighted by molar-refractivity contribution is 7.93. The summed E-state index contributed by atoms with van der Waals surface area (Å²) in [6, 6.07) is 14.3. The number of nitrogens with one attached hydrogen (secondary N) is 2. The molecule has 6 nitrogen and oxygen atoms in total. The van der Waals surface area contributed by atoms with Gasteiger partial charge in [-0.2, -0.15) is 0 Å². The molecule has 24 heavy (non-hydrogen) atoms. The Labute approximate surface area is 142 Å². The van der Waals surface area contributed by atoms with Crippen LogP contribution in [0.5, 0.6) is 0 Å². The Morgan fingerprint density at radius 3 is 2.54 bits per heavy atom. The zero-order valence-corrected chi connectivity index (χ0v) is 13.9. The normalized spacial score (nSPS) is 11.7. The van der Waals surface area contributed by atoms with E-state index in [1.165, 1.54) is 11.3 Å². The first kappa shape index (κ1) is 14.9. The lowest BCUT2D eigenvalue weighted by atomic mass is 10.2. The molecule has 2 aromatic heterocycles. The summed E-state index contributed by atoms with van der Waals surface area (Å²) in [6.45, 7) is 0. The number of H-pyrrole nitrogens is 1. The van der Waals surface area contributed by atoms with Crippen molar-refractivity contribution < 1.29 is 8.42 Å². The van der Waals surface area contributed by atoms with Gasteiger partial charge in [-0.3, -0.25) is 4.72 Å². The molecule has 0 spiro atoms. The van der Waals surface area contributed by atoms with E-state index in [2.05, 4.69) is 19.7 Å². The predicted octanol–water partition coefficient (Wildman–Crippen LogP) is 3.49. The summed E-state index contributed by atoms with van der Waals surface area (Å²) in [6.07, 6.45) is 1.55. The highest BCUT2D eigenvalue weighted by atomic mass is 32.2. The van der Waals surface area contributed by atoms with Crippen LogP contribution in [0.3, 0.4) is 0 Å². The number of imidazole rings is 1. The lowest BCUT2D eigenvalue weighted by Gasteiger charge is -2.05. The van der Waals surface area contributed by atoms with Gasteiger partial charge in [-0.1, -0.05) is 12.1 Å². The maximum absolute atomic E-state index is 12.3. The smallest absolute Gasteiger partial charge is 0.263 e. The molecule has 120 valence electrons. The van der Waals surface area contributed by atoms with Gasteiger partial charge in [0.25, 0.3) is 10.0 Å². The molecule has 0 amide bonds. The van der Waals surface area contributed by atoms with Crippen LogP contribution in [-0.4, -0.2) is 23.4 Å². The molecule has 0 radical (unpaired) electrons. The Morgan fingerprint density at radius 2 is 1.83 bits per heavy atom. The Kier molecular flexibility index (Phi) is 3.55. The molecule has 0 aliphatic rings. The van der Waals surface area contributed by atoms with Crippen molar-refractivity contribution in [1.82, 2.24) is 15.0 Å². The molecular weight excluding hydrogens is 344 g/mol. The van der Waals surface area contributed by atoms with Crippen LogP contribution in [0, 0.1) is 0 Å². The Balaban J connectivity index is 1.64. The van der Waals surface area contributed by atoms with E-state index in [0.717, 1.165) is 16.6 Å². The van der Waals surface area contributed by atoms with Crippen LogP contribution < -0.4 is 4.72 Å². The highest BCUT2D eigenvalue weighted by Crippen LogP contribution is 2.23. The number of benzene rings is 2. The molecule has 0 aliphatic carbocycles. The van der Waals surface area contributed by atoms with E-state index in [-0.39, 0.29) is 4.90 Å². The topological polar surface area (TPSA) is 87.7 Å². The average molecular weight is 356 g/mol. The summed E-state index contributed by atoms with van der Waals surface area (Å²) >= 11 is 1.23. The van der Waals surface area contributed by atoms with Crippen molar-refractivity contribution in [3.63, 3.8) is 0 Å². The quantitative estimate of drug-likeness (QED) is 0.586. The van der Waals surface area contributed by atoms with Gasteiger partial charge >= 0.3 is 0 Å². The van der Waals surface area contributed by atoms with E-state index < -0.39 is 10.0 Å². The largest absolute Gasteiger partial charge is 0.338 e. The number of hydrogen-bond acceptors (Lipinski definition) is 5. The van der Waals surface area contributed by atoms with Crippen LogP contribution >= 0.6 is 11.3 Å². The number of anilines is 1. The number of hydrogen-bond donors (Lipinski definition) is 2. The van der Waals surface area contributed by atoms with Crippen molar-refractivity contribution in [1.29, 1.82) is 0 Å². The highest BCUT2D eigenvalue weighted by Gasteiger charge is 2.16. The van der Waals surface area contributed by atoms with Crippen LogP contribution in [0.4, 0.5) is 5.13 Å². The fraction of sp³-hybridized carbons (Fsp3) is 0. The minimum absolute atomic E-state index is 0.178. The van der Waals surface area contributed by atoms with E-state index in [0.29, 0.717) is 11.0 Å². The molecule has 0 saturated heterocycles. The van der Waals surface area contributed by atoms with Gasteiger partial charge in [0, 0.05) is 17.1 Å². The molecule has 2 heterocycles. The number of rotatable bonds is 4. The summed E-state index contributed by atoms with van der Waals surface area (Å²) < 4.78 is 27.1. The number of para-hydroxylation sites is 2. The van der Waals surface area contributed by atoms with Crippen LogP contribution in [0.1, 0.15) is 0 Å². The molecule has 2 N–H and O–H groups in total. The van der Waals surface area contributed by atoms with Gasteiger partial charge < -0.3 is 4.98 Å². The van der Waals surface area contributed by atoms with Crippen LogP contribution in [0.25, 0.3) is 22.4 Å². The molecule has 2 aromatic carbocycles. The molecule has 0 fully saturated rings. The second kappa shape index (κ2) is 5.73. The Morgan fingerprint density at radius 1 is 1.04 bits per heavy atom. The van der Waals surface area contributed by atoms with Gasteiger partial charge in [-0.25, -0.2) is 18.4 Å². The lowest BCUT2D eigenvalue weighted by Crippen LogP contribution is -2.12. The standard InChI is InChI=1S/C16H12N4O2S2/c21-24(22,20-16-17-9-10-23-16)12-7-5-11(6-8-12)15-18-13-3-1-2-4-14(13)19-15/h1-10H,(H,17,20)(H,18,19). The average Bonchev–Trinajstić information content (AvgIpc) is 3.23. The van der Waals surface area contributed by atoms with Gasteiger partial charge in [-0.05, 0) is 36.4 Å². The molecule has 0 bridgehead atoms. The van der Waals surface area contributed by atoms with Gasteiger partial charge in [0.05, 0.1) is 15.9 Å². The maximum atomic E-state index is 12.3. The monoisotopic (exact) mass is 356 g/mol. The number of nitrogens with zero attached hydrogens (tertiary/aromatic N) is 2. The molecule has 0 atom stereocenters. The molecule has 0 saturated carbocycles. The first-order valence-electron chi connectivity index (χ1n) is 7.09. The molecular formula is C16H12N4O2S2. The lowest BCUT2D eigenvalue weighted by molar-refractivity contribution is 0.601. The fourth-order valence-electron chi connectivity index (χ4n) is 2.33. The van der Waals surface area contributed by atoms with Crippen molar-refractivity contribution in [3.05, 3.63) is 60.1 Å².